The van der Waals surface area contributed by atoms with Gasteiger partial charge in [0, 0.05) is 20.0 Å². The lowest BCUT2D eigenvalue weighted by Gasteiger charge is -2.44. The van der Waals surface area contributed by atoms with E-state index in [-0.39, 0.29) is 0 Å². The van der Waals surface area contributed by atoms with Crippen LogP contribution in [0.1, 0.15) is 32.6 Å². The van der Waals surface area contributed by atoms with Gasteiger partial charge in [0.2, 0.25) is 5.91 Å². The standard InChI is InChI=1S/C12H19NO/c1-8(14)13-6-11-9-2-3-10(5-4-9)12(11)7-13/h9-12H,2-7H2,1H3. The maximum absolute atomic E-state index is 11.3. The molecule has 14 heavy (non-hydrogen) atoms. The molecule has 2 unspecified atom stereocenters. The Labute approximate surface area is 85.7 Å². The Balaban J connectivity index is 1.81. The summed E-state index contributed by atoms with van der Waals surface area (Å²) >= 11 is 0. The average Bonchev–Trinajstić information content (AvgIpc) is 2.65. The van der Waals surface area contributed by atoms with Crippen molar-refractivity contribution >= 4 is 5.91 Å². The maximum Gasteiger partial charge on any atom is 0.219 e. The van der Waals surface area contributed by atoms with Crippen molar-refractivity contribution in [2.24, 2.45) is 23.7 Å². The molecule has 1 amide bonds. The van der Waals surface area contributed by atoms with Crippen molar-refractivity contribution < 1.29 is 4.79 Å². The van der Waals surface area contributed by atoms with Gasteiger partial charge in [-0.2, -0.15) is 0 Å². The molecule has 0 N–H and O–H groups in total. The predicted octanol–water partition coefficient (Wildman–Crippen LogP) is 1.90. The van der Waals surface area contributed by atoms with Gasteiger partial charge in [-0.15, -0.1) is 0 Å². The van der Waals surface area contributed by atoms with Gasteiger partial charge in [0.25, 0.3) is 0 Å². The third-order valence-electron chi connectivity index (χ3n) is 4.89. The molecule has 3 saturated carbocycles. The summed E-state index contributed by atoms with van der Waals surface area (Å²) in [6.07, 6.45) is 5.77. The molecule has 3 aliphatic carbocycles. The molecule has 4 aliphatic rings. The number of fused-ring (bicyclic) bond motifs is 2. The molecule has 4 rings (SSSR count). The Bertz CT molecular complexity index is 235. The van der Waals surface area contributed by atoms with E-state index >= 15 is 0 Å². The molecule has 1 heterocycles. The molecular weight excluding hydrogens is 174 g/mol. The van der Waals surface area contributed by atoms with Gasteiger partial charge >= 0.3 is 0 Å². The number of carbonyl (C=O) groups excluding carboxylic acids is 1. The summed E-state index contributed by atoms with van der Waals surface area (Å²) in [4.78, 5) is 13.4. The number of carbonyl (C=O) groups is 1. The summed E-state index contributed by atoms with van der Waals surface area (Å²) < 4.78 is 0. The van der Waals surface area contributed by atoms with Crippen molar-refractivity contribution in [3.05, 3.63) is 0 Å². The number of nitrogens with zero attached hydrogens (tertiary/aromatic N) is 1. The minimum absolute atomic E-state index is 0.291. The number of rotatable bonds is 0. The molecule has 0 radical (unpaired) electrons. The summed E-state index contributed by atoms with van der Waals surface area (Å²) in [5.41, 5.74) is 0. The van der Waals surface area contributed by atoms with Crippen molar-refractivity contribution in [1.29, 1.82) is 0 Å². The third-order valence-corrected chi connectivity index (χ3v) is 4.89. The third kappa shape index (κ3) is 1.12. The number of likely N-dealkylation sites (tertiary alicyclic amines) is 1. The van der Waals surface area contributed by atoms with E-state index in [9.17, 15) is 4.79 Å². The first kappa shape index (κ1) is 8.75. The molecular formula is C12H19NO. The molecule has 0 spiro atoms. The summed E-state index contributed by atoms with van der Waals surface area (Å²) in [6, 6.07) is 0. The van der Waals surface area contributed by atoms with Gasteiger partial charge in [-0.05, 0) is 49.4 Å². The minimum Gasteiger partial charge on any atom is -0.342 e. The van der Waals surface area contributed by atoms with Crippen molar-refractivity contribution in [3.8, 4) is 0 Å². The van der Waals surface area contributed by atoms with Crippen LogP contribution in [-0.2, 0) is 4.79 Å². The van der Waals surface area contributed by atoms with Crippen LogP contribution in [0.25, 0.3) is 0 Å². The fraction of sp³-hybridized carbons (Fsp3) is 0.917. The Morgan fingerprint density at radius 2 is 1.43 bits per heavy atom. The van der Waals surface area contributed by atoms with Crippen LogP contribution < -0.4 is 0 Å². The van der Waals surface area contributed by atoms with E-state index in [0.717, 1.165) is 36.8 Å². The van der Waals surface area contributed by atoms with E-state index in [0.29, 0.717) is 5.91 Å². The number of hydrogen-bond acceptors (Lipinski definition) is 1. The summed E-state index contributed by atoms with van der Waals surface area (Å²) in [5.74, 6) is 3.93. The summed E-state index contributed by atoms with van der Waals surface area (Å²) in [5, 5.41) is 0. The maximum atomic E-state index is 11.3. The van der Waals surface area contributed by atoms with Crippen molar-refractivity contribution in [1.82, 2.24) is 4.90 Å². The first-order chi connectivity index (χ1) is 6.75. The highest BCUT2D eigenvalue weighted by Gasteiger charge is 2.48. The molecule has 0 aromatic rings. The quantitative estimate of drug-likeness (QED) is 0.575. The van der Waals surface area contributed by atoms with E-state index in [1.54, 1.807) is 6.92 Å². The Morgan fingerprint density at radius 3 is 1.79 bits per heavy atom. The van der Waals surface area contributed by atoms with E-state index in [4.69, 9.17) is 0 Å². The molecule has 2 atom stereocenters. The highest BCUT2D eigenvalue weighted by atomic mass is 16.2. The van der Waals surface area contributed by atoms with Gasteiger partial charge in [0.1, 0.15) is 0 Å². The average molecular weight is 193 g/mol. The fourth-order valence-corrected chi connectivity index (χ4v) is 4.11. The van der Waals surface area contributed by atoms with Crippen LogP contribution in [-0.4, -0.2) is 23.9 Å². The Hall–Kier alpha value is -0.530. The monoisotopic (exact) mass is 193 g/mol. The topological polar surface area (TPSA) is 20.3 Å². The Kier molecular flexibility index (Phi) is 1.86. The van der Waals surface area contributed by atoms with Crippen LogP contribution >= 0.6 is 0 Å². The van der Waals surface area contributed by atoms with Gasteiger partial charge < -0.3 is 4.90 Å². The van der Waals surface area contributed by atoms with Gasteiger partial charge in [-0.25, -0.2) is 0 Å². The molecule has 2 heteroatoms. The fourth-order valence-electron chi connectivity index (χ4n) is 4.11. The first-order valence-corrected chi connectivity index (χ1v) is 6.01. The molecule has 2 nitrogen and oxygen atoms in total. The predicted molar refractivity (Wildman–Crippen MR) is 54.7 cm³/mol. The first-order valence-electron chi connectivity index (χ1n) is 6.01. The highest BCUT2D eigenvalue weighted by Crippen LogP contribution is 2.51. The van der Waals surface area contributed by atoms with Crippen LogP contribution in [0.15, 0.2) is 0 Å². The number of amides is 1. The molecule has 4 fully saturated rings. The minimum atomic E-state index is 0.291. The molecule has 1 aliphatic heterocycles. The van der Waals surface area contributed by atoms with E-state index in [2.05, 4.69) is 4.90 Å². The second kappa shape index (κ2) is 2.98. The second-order valence-corrected chi connectivity index (χ2v) is 5.43. The van der Waals surface area contributed by atoms with Gasteiger partial charge in [0.05, 0.1) is 0 Å². The van der Waals surface area contributed by atoms with Crippen LogP contribution in [0.2, 0.25) is 0 Å². The lowest BCUT2D eigenvalue weighted by Crippen LogP contribution is -2.38. The smallest absolute Gasteiger partial charge is 0.219 e. The van der Waals surface area contributed by atoms with Crippen LogP contribution in [0.4, 0.5) is 0 Å². The van der Waals surface area contributed by atoms with Gasteiger partial charge in [-0.1, -0.05) is 0 Å². The molecule has 1 saturated heterocycles. The zero-order chi connectivity index (χ0) is 9.71. The lowest BCUT2D eigenvalue weighted by molar-refractivity contribution is -0.128. The van der Waals surface area contributed by atoms with E-state index in [1.807, 2.05) is 0 Å². The zero-order valence-corrected chi connectivity index (χ0v) is 8.91. The molecule has 0 aromatic heterocycles. The van der Waals surface area contributed by atoms with Crippen LogP contribution in [0.5, 0.6) is 0 Å². The second-order valence-electron chi connectivity index (χ2n) is 5.43. The molecule has 0 aromatic carbocycles. The van der Waals surface area contributed by atoms with Crippen molar-refractivity contribution in [2.75, 3.05) is 13.1 Å². The van der Waals surface area contributed by atoms with Crippen LogP contribution in [0.3, 0.4) is 0 Å². The van der Waals surface area contributed by atoms with Gasteiger partial charge in [0.15, 0.2) is 0 Å². The SMILES string of the molecule is CC(=O)N1CC2C3CCC(CC3)C2C1. The summed E-state index contributed by atoms with van der Waals surface area (Å²) in [6.45, 7) is 3.86. The van der Waals surface area contributed by atoms with Crippen molar-refractivity contribution in [2.45, 2.75) is 32.6 Å². The van der Waals surface area contributed by atoms with E-state index in [1.165, 1.54) is 25.7 Å². The lowest BCUT2D eigenvalue weighted by atomic mass is 9.60. The van der Waals surface area contributed by atoms with E-state index < -0.39 is 0 Å². The summed E-state index contributed by atoms with van der Waals surface area (Å²) in [7, 11) is 0. The zero-order valence-electron chi connectivity index (χ0n) is 8.91. The molecule has 2 bridgehead atoms. The van der Waals surface area contributed by atoms with Gasteiger partial charge in [-0.3, -0.25) is 4.79 Å². The highest BCUT2D eigenvalue weighted by molar-refractivity contribution is 5.73. The normalized spacial score (nSPS) is 45.4. The largest absolute Gasteiger partial charge is 0.342 e. The molecule has 78 valence electrons. The number of hydrogen-bond donors (Lipinski definition) is 0. The Morgan fingerprint density at radius 1 is 1.00 bits per heavy atom. The van der Waals surface area contributed by atoms with Crippen molar-refractivity contribution in [3.63, 3.8) is 0 Å². The van der Waals surface area contributed by atoms with Crippen LogP contribution in [0, 0.1) is 23.7 Å².